The van der Waals surface area contributed by atoms with Crippen LogP contribution in [0.4, 0.5) is 0 Å². The molecule has 1 rings (SSSR count). The molecule has 1 aliphatic rings. The van der Waals surface area contributed by atoms with Crippen LogP contribution in [0.2, 0.25) is 0 Å². The molecule has 0 radical (unpaired) electrons. The fraction of sp³-hybridized carbons (Fsp3) is 0.786. The number of likely N-dealkylation sites (N-methyl/N-ethyl adjacent to an activating group) is 1. The second kappa shape index (κ2) is 8.30. The van der Waals surface area contributed by atoms with Crippen molar-refractivity contribution < 1.29 is 9.53 Å². The van der Waals surface area contributed by atoms with Crippen LogP contribution in [0.15, 0.2) is 12.2 Å². The third-order valence-corrected chi connectivity index (χ3v) is 3.31. The third kappa shape index (κ3) is 6.18. The Morgan fingerprint density at radius 2 is 1.79 bits per heavy atom. The van der Waals surface area contributed by atoms with Gasteiger partial charge in [-0.3, -0.25) is 9.80 Å². The van der Waals surface area contributed by atoms with Crippen molar-refractivity contribution >= 4 is 5.97 Å². The smallest absolute Gasteiger partial charge is 0.334 e. The SMILES string of the molecule is C=C(CN1CCN(CCN(C)C)CC1)C(=O)OCC. The van der Waals surface area contributed by atoms with Crippen molar-refractivity contribution in [2.75, 3.05) is 66.5 Å². The van der Waals surface area contributed by atoms with Crippen molar-refractivity contribution in [3.05, 3.63) is 12.2 Å². The van der Waals surface area contributed by atoms with E-state index in [2.05, 4.69) is 35.4 Å². The zero-order valence-corrected chi connectivity index (χ0v) is 12.5. The van der Waals surface area contributed by atoms with Gasteiger partial charge in [-0.2, -0.15) is 0 Å². The fourth-order valence-corrected chi connectivity index (χ4v) is 2.08. The molecule has 0 amide bonds. The van der Waals surface area contributed by atoms with Crippen LogP contribution in [0, 0.1) is 0 Å². The first kappa shape index (κ1) is 16.1. The number of hydrogen-bond acceptors (Lipinski definition) is 5. The quantitative estimate of drug-likeness (QED) is 0.490. The maximum atomic E-state index is 11.5. The molecule has 1 heterocycles. The number of carbonyl (C=O) groups excluding carboxylic acids is 1. The highest BCUT2D eigenvalue weighted by Gasteiger charge is 2.19. The van der Waals surface area contributed by atoms with E-state index in [-0.39, 0.29) is 5.97 Å². The summed E-state index contributed by atoms with van der Waals surface area (Å²) in [6.45, 7) is 13.0. The lowest BCUT2D eigenvalue weighted by Crippen LogP contribution is -2.48. The zero-order valence-electron chi connectivity index (χ0n) is 12.5. The minimum atomic E-state index is -0.266. The van der Waals surface area contributed by atoms with E-state index in [1.165, 1.54) is 0 Å². The topological polar surface area (TPSA) is 36.0 Å². The zero-order chi connectivity index (χ0) is 14.3. The van der Waals surface area contributed by atoms with Crippen molar-refractivity contribution in [1.82, 2.24) is 14.7 Å². The Labute approximate surface area is 116 Å². The van der Waals surface area contributed by atoms with Gasteiger partial charge < -0.3 is 9.64 Å². The van der Waals surface area contributed by atoms with Gasteiger partial charge in [0, 0.05) is 51.4 Å². The van der Waals surface area contributed by atoms with Crippen molar-refractivity contribution in [3.63, 3.8) is 0 Å². The van der Waals surface area contributed by atoms with Crippen molar-refractivity contribution in [2.45, 2.75) is 6.92 Å². The molecular formula is C14H27N3O2. The minimum absolute atomic E-state index is 0.266. The van der Waals surface area contributed by atoms with E-state index in [4.69, 9.17) is 4.74 Å². The van der Waals surface area contributed by atoms with E-state index >= 15 is 0 Å². The predicted octanol–water partition coefficient (Wildman–Crippen LogP) is 0.285. The molecule has 0 aromatic rings. The van der Waals surface area contributed by atoms with E-state index in [1.807, 2.05) is 6.92 Å². The summed E-state index contributed by atoms with van der Waals surface area (Å²) in [5.74, 6) is -0.266. The first-order valence-corrected chi connectivity index (χ1v) is 6.97. The summed E-state index contributed by atoms with van der Waals surface area (Å²) in [4.78, 5) is 18.4. The molecule has 1 aliphatic heterocycles. The van der Waals surface area contributed by atoms with Crippen LogP contribution < -0.4 is 0 Å². The monoisotopic (exact) mass is 269 g/mol. The highest BCUT2D eigenvalue weighted by atomic mass is 16.5. The summed E-state index contributed by atoms with van der Waals surface area (Å²) in [5, 5.41) is 0. The molecule has 0 aliphatic carbocycles. The van der Waals surface area contributed by atoms with E-state index in [0.717, 1.165) is 39.3 Å². The van der Waals surface area contributed by atoms with Gasteiger partial charge in [-0.1, -0.05) is 6.58 Å². The molecule has 0 saturated carbocycles. The number of esters is 1. The first-order valence-electron chi connectivity index (χ1n) is 6.97. The molecule has 0 unspecified atom stereocenters. The maximum Gasteiger partial charge on any atom is 0.334 e. The second-order valence-corrected chi connectivity index (χ2v) is 5.25. The normalized spacial score (nSPS) is 17.7. The Balaban J connectivity index is 2.22. The van der Waals surface area contributed by atoms with Crippen LogP contribution in [0.3, 0.4) is 0 Å². The number of ether oxygens (including phenoxy) is 1. The molecule has 1 saturated heterocycles. The average molecular weight is 269 g/mol. The van der Waals surface area contributed by atoms with Crippen LogP contribution in [0.1, 0.15) is 6.92 Å². The molecule has 110 valence electrons. The number of rotatable bonds is 7. The van der Waals surface area contributed by atoms with Gasteiger partial charge in [-0.05, 0) is 21.0 Å². The summed E-state index contributed by atoms with van der Waals surface area (Å²) in [5.41, 5.74) is 0.559. The molecular weight excluding hydrogens is 242 g/mol. The fourth-order valence-electron chi connectivity index (χ4n) is 2.08. The Morgan fingerprint density at radius 3 is 2.32 bits per heavy atom. The lowest BCUT2D eigenvalue weighted by molar-refractivity contribution is -0.138. The largest absolute Gasteiger partial charge is 0.463 e. The Hall–Kier alpha value is -0.910. The molecule has 1 fully saturated rings. The van der Waals surface area contributed by atoms with Crippen molar-refractivity contribution in [3.8, 4) is 0 Å². The summed E-state index contributed by atoms with van der Waals surface area (Å²) in [7, 11) is 4.19. The number of hydrogen-bond donors (Lipinski definition) is 0. The summed E-state index contributed by atoms with van der Waals surface area (Å²) in [6.07, 6.45) is 0. The van der Waals surface area contributed by atoms with Crippen LogP contribution in [0.25, 0.3) is 0 Å². The van der Waals surface area contributed by atoms with E-state index in [0.29, 0.717) is 18.7 Å². The van der Waals surface area contributed by atoms with Gasteiger partial charge in [0.2, 0.25) is 0 Å². The minimum Gasteiger partial charge on any atom is -0.463 e. The van der Waals surface area contributed by atoms with Crippen molar-refractivity contribution in [1.29, 1.82) is 0 Å². The number of carbonyl (C=O) groups is 1. The van der Waals surface area contributed by atoms with Crippen LogP contribution in [0.5, 0.6) is 0 Å². The van der Waals surface area contributed by atoms with E-state index in [1.54, 1.807) is 0 Å². The van der Waals surface area contributed by atoms with Gasteiger partial charge in [-0.15, -0.1) is 0 Å². The van der Waals surface area contributed by atoms with Gasteiger partial charge in [0.05, 0.1) is 6.61 Å². The third-order valence-electron chi connectivity index (χ3n) is 3.31. The van der Waals surface area contributed by atoms with Crippen LogP contribution in [-0.2, 0) is 9.53 Å². The number of nitrogens with zero attached hydrogens (tertiary/aromatic N) is 3. The maximum absolute atomic E-state index is 11.5. The van der Waals surface area contributed by atoms with E-state index in [9.17, 15) is 4.79 Å². The van der Waals surface area contributed by atoms with Gasteiger partial charge in [-0.25, -0.2) is 4.79 Å². The van der Waals surface area contributed by atoms with Crippen molar-refractivity contribution in [2.24, 2.45) is 0 Å². The molecule has 0 spiro atoms. The molecule has 0 bridgehead atoms. The highest BCUT2D eigenvalue weighted by Crippen LogP contribution is 2.05. The van der Waals surface area contributed by atoms with Crippen LogP contribution >= 0.6 is 0 Å². The number of piperazine rings is 1. The van der Waals surface area contributed by atoms with Gasteiger partial charge in [0.25, 0.3) is 0 Å². The highest BCUT2D eigenvalue weighted by molar-refractivity contribution is 5.88. The van der Waals surface area contributed by atoms with Gasteiger partial charge in [0.15, 0.2) is 0 Å². The Kier molecular flexibility index (Phi) is 7.05. The lowest BCUT2D eigenvalue weighted by Gasteiger charge is -2.35. The van der Waals surface area contributed by atoms with Gasteiger partial charge in [0.1, 0.15) is 0 Å². The summed E-state index contributed by atoms with van der Waals surface area (Å²) in [6, 6.07) is 0. The lowest BCUT2D eigenvalue weighted by atomic mass is 10.2. The average Bonchev–Trinajstić information content (AvgIpc) is 2.38. The standard InChI is InChI=1S/C14H27N3O2/c1-5-19-14(18)13(2)12-17-10-8-16(9-11-17)7-6-15(3)4/h2,5-12H2,1,3-4H3. The van der Waals surface area contributed by atoms with E-state index < -0.39 is 0 Å². The second-order valence-electron chi connectivity index (χ2n) is 5.25. The molecule has 0 aromatic carbocycles. The van der Waals surface area contributed by atoms with Crippen LogP contribution in [-0.4, -0.2) is 87.2 Å². The summed E-state index contributed by atoms with van der Waals surface area (Å²) >= 11 is 0. The Morgan fingerprint density at radius 1 is 1.21 bits per heavy atom. The molecule has 0 aromatic heterocycles. The Bertz CT molecular complexity index is 297. The molecule has 5 heteroatoms. The molecule has 19 heavy (non-hydrogen) atoms. The van der Waals surface area contributed by atoms with Gasteiger partial charge >= 0.3 is 5.97 Å². The first-order chi connectivity index (χ1) is 9.02. The molecule has 0 atom stereocenters. The molecule has 5 nitrogen and oxygen atoms in total. The predicted molar refractivity (Wildman–Crippen MR) is 77.2 cm³/mol. The summed E-state index contributed by atoms with van der Waals surface area (Å²) < 4.78 is 4.95. The molecule has 0 N–H and O–H groups in total.